The molecule has 0 unspecified atom stereocenters. The average molecular weight is 378 g/mol. The van der Waals surface area contributed by atoms with E-state index in [1.165, 1.54) is 26.2 Å². The fourth-order valence-corrected chi connectivity index (χ4v) is 2.56. The Morgan fingerprint density at radius 1 is 1.15 bits per heavy atom. The van der Waals surface area contributed by atoms with Crippen LogP contribution in [-0.2, 0) is 28.6 Å². The number of nitrogens with one attached hydrogen (secondary N) is 1. The molecule has 146 valence electrons. The Morgan fingerprint density at radius 2 is 1.85 bits per heavy atom. The number of esters is 2. The van der Waals surface area contributed by atoms with E-state index in [0.29, 0.717) is 23.5 Å². The zero-order valence-electron chi connectivity index (χ0n) is 15.7. The second kappa shape index (κ2) is 9.04. The van der Waals surface area contributed by atoms with Crippen LogP contribution in [0.5, 0.6) is 5.75 Å². The van der Waals surface area contributed by atoms with E-state index in [1.807, 2.05) is 0 Å². The highest BCUT2D eigenvalue weighted by Crippen LogP contribution is 2.36. The van der Waals surface area contributed by atoms with Crippen LogP contribution in [0.25, 0.3) is 0 Å². The largest absolute Gasteiger partial charge is 0.495 e. The predicted molar refractivity (Wildman–Crippen MR) is 96.3 cm³/mol. The van der Waals surface area contributed by atoms with Crippen molar-refractivity contribution in [1.29, 1.82) is 0 Å². The number of hydrogen-bond donors (Lipinski definition) is 1. The molecule has 1 aromatic carbocycles. The molecule has 1 aromatic rings. The van der Waals surface area contributed by atoms with Gasteiger partial charge in [-0.3, -0.25) is 4.79 Å². The highest BCUT2D eigenvalue weighted by molar-refractivity contribution is 6.04. The molecule has 0 saturated heterocycles. The Bertz CT molecular complexity index is 773. The van der Waals surface area contributed by atoms with Crippen molar-refractivity contribution in [3.8, 4) is 5.75 Å². The Hall–Kier alpha value is -3.07. The molecule has 1 amide bonds. The van der Waals surface area contributed by atoms with Crippen molar-refractivity contribution in [1.82, 2.24) is 0 Å². The van der Waals surface area contributed by atoms with Crippen LogP contribution in [0.2, 0.25) is 0 Å². The van der Waals surface area contributed by atoms with Gasteiger partial charge in [0, 0.05) is 12.1 Å². The van der Waals surface area contributed by atoms with Gasteiger partial charge in [-0.1, -0.05) is 6.92 Å². The van der Waals surface area contributed by atoms with E-state index in [0.717, 1.165) is 0 Å². The minimum Gasteiger partial charge on any atom is -0.495 e. The van der Waals surface area contributed by atoms with Gasteiger partial charge >= 0.3 is 11.9 Å². The second-order valence-electron chi connectivity index (χ2n) is 5.50. The van der Waals surface area contributed by atoms with Crippen molar-refractivity contribution in [3.05, 3.63) is 29.5 Å². The summed E-state index contributed by atoms with van der Waals surface area (Å²) in [6.07, 6.45) is 0.313. The molecule has 9 nitrogen and oxygen atoms in total. The van der Waals surface area contributed by atoms with E-state index >= 15 is 0 Å². The minimum atomic E-state index is -0.719. The van der Waals surface area contributed by atoms with Gasteiger partial charge in [-0.15, -0.1) is 0 Å². The summed E-state index contributed by atoms with van der Waals surface area (Å²) in [7, 11) is 3.90. The molecule has 1 heterocycles. The number of carbonyl (C=O) groups is 3. The normalized spacial score (nSPS) is 13.9. The van der Waals surface area contributed by atoms with E-state index < -0.39 is 11.9 Å². The lowest BCUT2D eigenvalue weighted by Gasteiger charge is -2.32. The van der Waals surface area contributed by atoms with Gasteiger partial charge in [0.1, 0.15) is 18.2 Å². The molecule has 0 aromatic heterocycles. The molecule has 2 rings (SSSR count). The van der Waals surface area contributed by atoms with Crippen LogP contribution in [0.4, 0.5) is 11.4 Å². The summed E-state index contributed by atoms with van der Waals surface area (Å²) >= 11 is 0. The van der Waals surface area contributed by atoms with Crippen LogP contribution in [0.3, 0.4) is 0 Å². The zero-order valence-corrected chi connectivity index (χ0v) is 15.7. The van der Waals surface area contributed by atoms with Crippen molar-refractivity contribution >= 4 is 29.2 Å². The molecular formula is C18H22N2O7. The van der Waals surface area contributed by atoms with Gasteiger partial charge in [0.05, 0.1) is 39.2 Å². The van der Waals surface area contributed by atoms with Crippen LogP contribution < -0.4 is 15.0 Å². The number of carbonyl (C=O) groups excluding carboxylic acids is 3. The third-order valence-electron chi connectivity index (χ3n) is 3.91. The first kappa shape index (κ1) is 20.2. The van der Waals surface area contributed by atoms with Gasteiger partial charge in [0.15, 0.2) is 0 Å². The van der Waals surface area contributed by atoms with Crippen molar-refractivity contribution < 1.29 is 33.3 Å². The first-order valence-electron chi connectivity index (χ1n) is 8.19. The van der Waals surface area contributed by atoms with E-state index in [9.17, 15) is 14.4 Å². The summed E-state index contributed by atoms with van der Waals surface area (Å²) in [5, 5.41) is 2.74. The molecule has 1 aliphatic rings. The lowest BCUT2D eigenvalue weighted by atomic mass is 10.1. The van der Waals surface area contributed by atoms with E-state index in [4.69, 9.17) is 18.9 Å². The first-order chi connectivity index (χ1) is 13.0. The van der Waals surface area contributed by atoms with E-state index in [-0.39, 0.29) is 30.5 Å². The van der Waals surface area contributed by atoms with Crippen molar-refractivity contribution in [3.63, 3.8) is 0 Å². The Balaban J connectivity index is 2.58. The van der Waals surface area contributed by atoms with Crippen LogP contribution >= 0.6 is 0 Å². The van der Waals surface area contributed by atoms with Gasteiger partial charge in [0.2, 0.25) is 5.91 Å². The van der Waals surface area contributed by atoms with Crippen molar-refractivity contribution in [2.75, 3.05) is 44.9 Å². The minimum absolute atomic E-state index is 0.00660. The van der Waals surface area contributed by atoms with Crippen LogP contribution in [0, 0.1) is 0 Å². The van der Waals surface area contributed by atoms with Gasteiger partial charge in [-0.05, 0) is 18.2 Å². The summed E-state index contributed by atoms with van der Waals surface area (Å²) < 4.78 is 20.4. The van der Waals surface area contributed by atoms with Crippen LogP contribution in [0.15, 0.2) is 29.5 Å². The highest BCUT2D eigenvalue weighted by atomic mass is 16.5. The van der Waals surface area contributed by atoms with Crippen molar-refractivity contribution in [2.24, 2.45) is 0 Å². The Morgan fingerprint density at radius 3 is 2.44 bits per heavy atom. The number of hydrogen-bond acceptors (Lipinski definition) is 8. The van der Waals surface area contributed by atoms with Gasteiger partial charge in [0.25, 0.3) is 0 Å². The Labute approximate surface area is 156 Å². The monoisotopic (exact) mass is 378 g/mol. The summed E-state index contributed by atoms with van der Waals surface area (Å²) in [4.78, 5) is 37.6. The molecule has 0 fully saturated rings. The van der Waals surface area contributed by atoms with Crippen LogP contribution in [0.1, 0.15) is 13.3 Å². The second-order valence-corrected chi connectivity index (χ2v) is 5.50. The smallest absolute Gasteiger partial charge is 0.355 e. The quantitative estimate of drug-likeness (QED) is 0.742. The standard InChI is InChI=1S/C18H22N2O7/c1-5-15(21)19-11-6-7-14(24-2)13(8-11)20-10-27-9-12(17(22)25-3)16(20)18(23)26-4/h6-8H,5,9-10H2,1-4H3,(H,19,21). The van der Waals surface area contributed by atoms with Crippen LogP contribution in [-0.4, -0.2) is 52.5 Å². The number of methoxy groups -OCH3 is 3. The lowest BCUT2D eigenvalue weighted by molar-refractivity contribution is -0.140. The number of anilines is 2. The fraction of sp³-hybridized carbons (Fsp3) is 0.389. The molecule has 27 heavy (non-hydrogen) atoms. The molecule has 9 heteroatoms. The molecule has 0 bridgehead atoms. The summed E-state index contributed by atoms with van der Waals surface area (Å²) in [6, 6.07) is 4.93. The molecule has 0 radical (unpaired) electrons. The molecule has 1 N–H and O–H groups in total. The molecule has 0 spiro atoms. The number of benzene rings is 1. The fourth-order valence-electron chi connectivity index (χ4n) is 2.56. The highest BCUT2D eigenvalue weighted by Gasteiger charge is 2.33. The van der Waals surface area contributed by atoms with Gasteiger partial charge < -0.3 is 29.2 Å². The summed E-state index contributed by atoms with van der Waals surface area (Å²) in [5.41, 5.74) is 0.952. The van der Waals surface area contributed by atoms with Gasteiger partial charge in [-0.2, -0.15) is 0 Å². The lowest BCUT2D eigenvalue weighted by Crippen LogP contribution is -2.39. The van der Waals surface area contributed by atoms with E-state index in [1.54, 1.807) is 25.1 Å². The predicted octanol–water partition coefficient (Wildman–Crippen LogP) is 1.44. The zero-order chi connectivity index (χ0) is 20.0. The summed E-state index contributed by atoms with van der Waals surface area (Å²) in [5.74, 6) is -1.17. The third-order valence-corrected chi connectivity index (χ3v) is 3.91. The molecule has 0 atom stereocenters. The molecule has 1 aliphatic heterocycles. The molecule has 0 saturated carbocycles. The Kier molecular flexibility index (Phi) is 6.78. The van der Waals surface area contributed by atoms with Gasteiger partial charge in [-0.25, -0.2) is 9.59 Å². The maximum Gasteiger partial charge on any atom is 0.355 e. The summed E-state index contributed by atoms with van der Waals surface area (Å²) in [6.45, 7) is 1.62. The number of rotatable bonds is 6. The van der Waals surface area contributed by atoms with Crippen molar-refractivity contribution in [2.45, 2.75) is 13.3 Å². The number of amides is 1. The maximum atomic E-state index is 12.4. The topological polar surface area (TPSA) is 103 Å². The average Bonchev–Trinajstić information content (AvgIpc) is 2.71. The number of nitrogens with zero attached hydrogens (tertiary/aromatic N) is 1. The molecule has 0 aliphatic carbocycles. The maximum absolute atomic E-state index is 12.4. The first-order valence-corrected chi connectivity index (χ1v) is 8.19. The SMILES string of the molecule is CCC(=O)Nc1ccc(OC)c(N2COCC(C(=O)OC)=C2C(=O)OC)c1. The molecular weight excluding hydrogens is 356 g/mol. The van der Waals surface area contributed by atoms with E-state index in [2.05, 4.69) is 5.32 Å². The number of ether oxygens (including phenoxy) is 4. The third kappa shape index (κ3) is 4.37.